The second-order valence-corrected chi connectivity index (χ2v) is 7.78. The highest BCUT2D eigenvalue weighted by Gasteiger charge is 2.58. The van der Waals surface area contributed by atoms with E-state index < -0.39 is 0 Å². The number of carbonyl (C=O) groups excluding carboxylic acids is 2. The van der Waals surface area contributed by atoms with E-state index in [0.717, 1.165) is 37.9 Å². The maximum absolute atomic E-state index is 12.7. The largest absolute Gasteiger partial charge is 0.339 e. The first kappa shape index (κ1) is 15.1. The molecule has 5 nitrogen and oxygen atoms in total. The quantitative estimate of drug-likeness (QED) is 0.891. The van der Waals surface area contributed by atoms with Crippen LogP contribution in [-0.2, 0) is 4.79 Å². The first-order valence-electron chi connectivity index (χ1n) is 8.51. The van der Waals surface area contributed by atoms with Crippen molar-refractivity contribution in [3.05, 3.63) is 22.4 Å². The smallest absolute Gasteiger partial charge is 0.254 e. The van der Waals surface area contributed by atoms with Crippen molar-refractivity contribution in [3.63, 3.8) is 0 Å². The molecule has 2 saturated heterocycles. The van der Waals surface area contributed by atoms with Crippen LogP contribution in [0, 0.1) is 11.3 Å². The van der Waals surface area contributed by atoms with Gasteiger partial charge in [0.2, 0.25) is 5.91 Å². The van der Waals surface area contributed by atoms with Crippen LogP contribution in [0.25, 0.3) is 0 Å². The molecule has 1 atom stereocenters. The van der Waals surface area contributed by atoms with Gasteiger partial charge in [0.15, 0.2) is 0 Å². The van der Waals surface area contributed by atoms with E-state index in [1.165, 1.54) is 0 Å². The Kier molecular flexibility index (Phi) is 3.89. The molecular formula is C17H23N3O2S. The summed E-state index contributed by atoms with van der Waals surface area (Å²) in [6.07, 6.45) is 3.35. The van der Waals surface area contributed by atoms with Gasteiger partial charge in [0, 0.05) is 37.5 Å². The van der Waals surface area contributed by atoms with Crippen molar-refractivity contribution in [2.75, 3.05) is 39.3 Å². The van der Waals surface area contributed by atoms with Gasteiger partial charge in [-0.05, 0) is 49.2 Å². The van der Waals surface area contributed by atoms with Crippen molar-refractivity contribution in [3.8, 4) is 0 Å². The zero-order chi connectivity index (χ0) is 15.9. The minimum Gasteiger partial charge on any atom is -0.339 e. The van der Waals surface area contributed by atoms with Crippen molar-refractivity contribution in [1.82, 2.24) is 15.1 Å². The summed E-state index contributed by atoms with van der Waals surface area (Å²) in [5.41, 5.74) is 1.07. The van der Waals surface area contributed by atoms with Gasteiger partial charge in [0.1, 0.15) is 0 Å². The third-order valence-corrected chi connectivity index (χ3v) is 6.42. The highest BCUT2D eigenvalue weighted by Crippen LogP contribution is 2.59. The Balaban J connectivity index is 1.31. The number of carbonyl (C=O) groups is 2. The second-order valence-electron chi connectivity index (χ2n) is 7.00. The van der Waals surface area contributed by atoms with Crippen LogP contribution in [0.4, 0.5) is 0 Å². The topological polar surface area (TPSA) is 52.7 Å². The van der Waals surface area contributed by atoms with Gasteiger partial charge in [-0.15, -0.1) is 0 Å². The first-order valence-corrected chi connectivity index (χ1v) is 9.45. The number of thiophene rings is 1. The highest BCUT2D eigenvalue weighted by molar-refractivity contribution is 7.08. The van der Waals surface area contributed by atoms with Gasteiger partial charge in [-0.1, -0.05) is 0 Å². The Labute approximate surface area is 140 Å². The Morgan fingerprint density at radius 2 is 1.83 bits per heavy atom. The molecule has 0 aromatic carbocycles. The molecule has 1 unspecified atom stereocenters. The molecule has 1 aliphatic carbocycles. The lowest BCUT2D eigenvalue weighted by atomic mass is 9.91. The lowest BCUT2D eigenvalue weighted by Crippen LogP contribution is -2.51. The third kappa shape index (κ3) is 2.78. The van der Waals surface area contributed by atoms with Crippen molar-refractivity contribution in [2.24, 2.45) is 11.3 Å². The summed E-state index contributed by atoms with van der Waals surface area (Å²) in [4.78, 5) is 28.9. The molecule has 1 aromatic heterocycles. The van der Waals surface area contributed by atoms with Gasteiger partial charge in [0.05, 0.1) is 5.56 Å². The molecule has 124 valence electrons. The fraction of sp³-hybridized carbons (Fsp3) is 0.647. The average molecular weight is 333 g/mol. The Hall–Kier alpha value is -1.40. The van der Waals surface area contributed by atoms with E-state index in [-0.39, 0.29) is 11.8 Å². The van der Waals surface area contributed by atoms with Gasteiger partial charge in [-0.3, -0.25) is 9.59 Å². The van der Waals surface area contributed by atoms with E-state index >= 15 is 0 Å². The normalized spacial score (nSPS) is 26.3. The standard InChI is InChI=1S/C17H23N3O2S/c21-15(13-1-10-23-12-13)19-6-8-20(9-7-19)16(22)14-11-17(14)2-4-18-5-3-17/h1,10,12,14,18H,2-9,11H2. The van der Waals surface area contributed by atoms with E-state index in [2.05, 4.69) is 5.32 Å². The van der Waals surface area contributed by atoms with E-state index in [1.54, 1.807) is 11.3 Å². The molecule has 3 fully saturated rings. The zero-order valence-corrected chi connectivity index (χ0v) is 14.1. The van der Waals surface area contributed by atoms with Crippen LogP contribution < -0.4 is 5.32 Å². The molecule has 4 rings (SSSR count). The fourth-order valence-corrected chi connectivity index (χ4v) is 4.72. The maximum atomic E-state index is 12.7. The predicted molar refractivity (Wildman–Crippen MR) is 89.4 cm³/mol. The molecule has 1 aromatic rings. The van der Waals surface area contributed by atoms with Crippen LogP contribution >= 0.6 is 11.3 Å². The maximum Gasteiger partial charge on any atom is 0.254 e. The van der Waals surface area contributed by atoms with Gasteiger partial charge >= 0.3 is 0 Å². The van der Waals surface area contributed by atoms with Gasteiger partial charge < -0.3 is 15.1 Å². The minimum atomic E-state index is 0.0968. The van der Waals surface area contributed by atoms with E-state index in [4.69, 9.17) is 0 Å². The summed E-state index contributed by atoms with van der Waals surface area (Å²) in [5.74, 6) is 0.665. The lowest BCUT2D eigenvalue weighted by molar-refractivity contribution is -0.135. The summed E-state index contributed by atoms with van der Waals surface area (Å²) < 4.78 is 0. The Morgan fingerprint density at radius 1 is 1.13 bits per heavy atom. The number of piperazine rings is 1. The number of nitrogens with one attached hydrogen (secondary N) is 1. The minimum absolute atomic E-state index is 0.0968. The summed E-state index contributed by atoms with van der Waals surface area (Å²) in [7, 11) is 0. The van der Waals surface area contributed by atoms with Crippen LogP contribution in [0.3, 0.4) is 0 Å². The SMILES string of the molecule is O=C(c1ccsc1)N1CCN(C(=O)C2CC23CCNCC3)CC1. The molecule has 1 spiro atoms. The third-order valence-electron chi connectivity index (χ3n) is 5.73. The summed E-state index contributed by atoms with van der Waals surface area (Å²) in [5, 5.41) is 7.21. The molecule has 1 N–H and O–H groups in total. The molecule has 3 aliphatic rings. The Morgan fingerprint density at radius 3 is 2.48 bits per heavy atom. The van der Waals surface area contributed by atoms with Crippen molar-refractivity contribution >= 4 is 23.2 Å². The molecular weight excluding hydrogens is 310 g/mol. The van der Waals surface area contributed by atoms with Crippen LogP contribution in [0.15, 0.2) is 16.8 Å². The van der Waals surface area contributed by atoms with Gasteiger partial charge in [0.25, 0.3) is 5.91 Å². The number of nitrogens with zero attached hydrogens (tertiary/aromatic N) is 2. The van der Waals surface area contributed by atoms with Crippen molar-refractivity contribution < 1.29 is 9.59 Å². The second kappa shape index (κ2) is 5.91. The average Bonchev–Trinajstić information content (AvgIpc) is 3.02. The number of amides is 2. The number of piperidine rings is 1. The fourth-order valence-electron chi connectivity index (χ4n) is 4.09. The highest BCUT2D eigenvalue weighted by atomic mass is 32.1. The van der Waals surface area contributed by atoms with Crippen molar-refractivity contribution in [1.29, 1.82) is 0 Å². The lowest BCUT2D eigenvalue weighted by Gasteiger charge is -2.35. The van der Waals surface area contributed by atoms with Crippen LogP contribution in [-0.4, -0.2) is 60.9 Å². The molecule has 6 heteroatoms. The van der Waals surface area contributed by atoms with E-state index in [1.807, 2.05) is 26.6 Å². The van der Waals surface area contributed by atoms with Crippen LogP contribution in [0.1, 0.15) is 29.6 Å². The van der Waals surface area contributed by atoms with E-state index in [0.29, 0.717) is 37.5 Å². The zero-order valence-electron chi connectivity index (χ0n) is 13.3. The monoisotopic (exact) mass is 333 g/mol. The molecule has 23 heavy (non-hydrogen) atoms. The van der Waals surface area contributed by atoms with Crippen LogP contribution in [0.5, 0.6) is 0 Å². The van der Waals surface area contributed by atoms with Crippen LogP contribution in [0.2, 0.25) is 0 Å². The summed E-state index contributed by atoms with van der Waals surface area (Å²) in [6, 6.07) is 1.87. The predicted octanol–water partition coefficient (Wildman–Crippen LogP) is 1.42. The molecule has 2 aliphatic heterocycles. The number of hydrogen-bond acceptors (Lipinski definition) is 4. The molecule has 1 saturated carbocycles. The molecule has 0 bridgehead atoms. The summed E-state index contributed by atoms with van der Waals surface area (Å²) in [6.45, 7) is 4.77. The first-order chi connectivity index (χ1) is 11.2. The molecule has 0 radical (unpaired) electrons. The molecule has 2 amide bonds. The van der Waals surface area contributed by atoms with Gasteiger partial charge in [-0.2, -0.15) is 11.3 Å². The number of rotatable bonds is 2. The summed E-state index contributed by atoms with van der Waals surface area (Å²) >= 11 is 1.54. The molecule has 3 heterocycles. The Bertz CT molecular complexity index is 587. The van der Waals surface area contributed by atoms with Gasteiger partial charge in [-0.25, -0.2) is 0 Å². The van der Waals surface area contributed by atoms with Crippen molar-refractivity contribution in [2.45, 2.75) is 19.3 Å². The van der Waals surface area contributed by atoms with E-state index in [9.17, 15) is 9.59 Å². The number of hydrogen-bond donors (Lipinski definition) is 1.